The summed E-state index contributed by atoms with van der Waals surface area (Å²) in [7, 11) is 0. The van der Waals surface area contributed by atoms with Gasteiger partial charge in [0.05, 0.1) is 0 Å². The highest BCUT2D eigenvalue weighted by Gasteiger charge is 1.96. The molecule has 0 unspecified atom stereocenters. The molecular formula is C53H98. The topological polar surface area (TPSA) is 0 Å². The average molecular weight is 735 g/mol. The first-order valence-electron chi connectivity index (χ1n) is 21.5. The van der Waals surface area contributed by atoms with Gasteiger partial charge in [0.15, 0.2) is 0 Å². The smallest absolute Gasteiger partial charge is 0.0230 e. The maximum absolute atomic E-state index is 2.36. The Hall–Kier alpha value is -2.34. The Labute approximate surface area is 337 Å². The molecule has 0 nitrogen and oxygen atoms in total. The van der Waals surface area contributed by atoms with Crippen LogP contribution in [0.2, 0.25) is 0 Å². The lowest BCUT2D eigenvalue weighted by Gasteiger charge is -2.05. The number of hydrogen-bond acceptors (Lipinski definition) is 0. The van der Waals surface area contributed by atoms with Crippen molar-refractivity contribution in [2.24, 2.45) is 41.4 Å². The molecule has 0 aliphatic carbocycles. The molecule has 0 aromatic heterocycles. The van der Waals surface area contributed by atoms with E-state index in [2.05, 4.69) is 219 Å². The predicted octanol–water partition coefficient (Wildman–Crippen LogP) is 19.0. The van der Waals surface area contributed by atoms with Crippen LogP contribution in [0.15, 0.2) is 95.2 Å². The van der Waals surface area contributed by atoms with Crippen molar-refractivity contribution in [2.45, 2.75) is 191 Å². The van der Waals surface area contributed by atoms with E-state index in [0.717, 1.165) is 23.7 Å². The van der Waals surface area contributed by atoms with Gasteiger partial charge in [0.1, 0.15) is 0 Å². The molecule has 0 radical (unpaired) electrons. The molecular weight excluding hydrogens is 637 g/mol. The molecule has 1 aromatic rings. The summed E-state index contributed by atoms with van der Waals surface area (Å²) in [6.45, 7) is 50.5. The molecule has 0 aliphatic rings. The summed E-state index contributed by atoms with van der Waals surface area (Å²) in [6.07, 6.45) is 22.2. The van der Waals surface area contributed by atoms with Crippen LogP contribution in [-0.4, -0.2) is 0 Å². The zero-order valence-corrected chi connectivity index (χ0v) is 40.5. The first-order chi connectivity index (χ1) is 24.4. The number of benzene rings is 1. The summed E-state index contributed by atoms with van der Waals surface area (Å²) in [5, 5.41) is 0. The summed E-state index contributed by atoms with van der Waals surface area (Å²) in [5.41, 5.74) is 8.69. The molecule has 0 heterocycles. The van der Waals surface area contributed by atoms with Crippen molar-refractivity contribution in [3.05, 3.63) is 101 Å². The molecule has 0 amide bonds. The number of allylic oxidation sites excluding steroid dienone is 12. The fourth-order valence-electron chi connectivity index (χ4n) is 5.42. The highest BCUT2D eigenvalue weighted by molar-refractivity contribution is 5.63. The van der Waals surface area contributed by atoms with E-state index in [1.165, 1.54) is 60.0 Å². The summed E-state index contributed by atoms with van der Waals surface area (Å²) in [5.74, 6) is 5.01. The van der Waals surface area contributed by atoms with E-state index in [1.54, 1.807) is 5.57 Å². The third kappa shape index (κ3) is 62.0. The fraction of sp³-hybridized carbons (Fsp3) is 0.660. The second-order valence-electron chi connectivity index (χ2n) is 17.5. The molecule has 0 aliphatic heterocycles. The minimum absolute atomic E-state index is 0.630. The SMILES string of the molecule is C/C(=C/C(C)C)CC(C)C.C/C(=C/C(C)C)c1ccccc1.C/C=C/C(C)C.CC(C)=CC(C)C.CC/C(C)=C\C(C)C.CCCC/C(C)=C\C(C)C. The molecule has 0 spiro atoms. The minimum atomic E-state index is 0.630. The molecule has 53 heavy (non-hydrogen) atoms. The molecule has 0 fully saturated rings. The second kappa shape index (κ2) is 40.8. The van der Waals surface area contributed by atoms with Crippen molar-refractivity contribution in [1.82, 2.24) is 0 Å². The van der Waals surface area contributed by atoms with Crippen LogP contribution in [0.5, 0.6) is 0 Å². The third-order valence-corrected chi connectivity index (χ3v) is 7.12. The zero-order valence-electron chi connectivity index (χ0n) is 40.5. The van der Waals surface area contributed by atoms with Crippen LogP contribution in [0.4, 0.5) is 0 Å². The average Bonchev–Trinajstić information content (AvgIpc) is 2.99. The van der Waals surface area contributed by atoms with Gasteiger partial charge in [-0.1, -0.05) is 212 Å². The van der Waals surface area contributed by atoms with Crippen LogP contribution >= 0.6 is 0 Å². The molecule has 1 rings (SSSR count). The lowest BCUT2D eigenvalue weighted by Crippen LogP contribution is -1.90. The molecule has 310 valence electrons. The van der Waals surface area contributed by atoms with Crippen molar-refractivity contribution in [3.8, 4) is 0 Å². The van der Waals surface area contributed by atoms with Crippen LogP contribution in [0, 0.1) is 41.4 Å². The zero-order chi connectivity index (χ0) is 42.5. The first kappa shape index (κ1) is 59.9. The lowest BCUT2D eigenvalue weighted by molar-refractivity contribution is 0.635. The number of rotatable bonds is 13. The largest absolute Gasteiger partial charge is 0.0914 e. The van der Waals surface area contributed by atoms with Crippen molar-refractivity contribution >= 4 is 5.57 Å². The molecule has 0 saturated carbocycles. The molecule has 0 atom stereocenters. The summed E-state index contributed by atoms with van der Waals surface area (Å²) < 4.78 is 0. The normalized spacial score (nSPS) is 12.1. The number of unbranched alkanes of at least 4 members (excludes halogenated alkanes) is 1. The Morgan fingerprint density at radius 1 is 0.509 bits per heavy atom. The summed E-state index contributed by atoms with van der Waals surface area (Å²) >= 11 is 0. The van der Waals surface area contributed by atoms with Gasteiger partial charge in [0, 0.05) is 0 Å². The van der Waals surface area contributed by atoms with Gasteiger partial charge in [-0.25, -0.2) is 0 Å². The van der Waals surface area contributed by atoms with Crippen molar-refractivity contribution in [1.29, 1.82) is 0 Å². The molecule has 0 N–H and O–H groups in total. The van der Waals surface area contributed by atoms with E-state index in [1.807, 2.05) is 13.0 Å². The quantitative estimate of drug-likeness (QED) is 0.177. The molecule has 1 aromatic carbocycles. The van der Waals surface area contributed by atoms with Gasteiger partial charge in [-0.2, -0.15) is 0 Å². The number of hydrogen-bond donors (Lipinski definition) is 0. The molecule has 0 bridgehead atoms. The van der Waals surface area contributed by atoms with E-state index in [-0.39, 0.29) is 0 Å². The summed E-state index contributed by atoms with van der Waals surface area (Å²) in [6, 6.07) is 10.5. The van der Waals surface area contributed by atoms with Crippen LogP contribution in [0.1, 0.15) is 197 Å². The lowest BCUT2D eigenvalue weighted by atomic mass is 10.0. The van der Waals surface area contributed by atoms with E-state index in [4.69, 9.17) is 0 Å². The van der Waals surface area contributed by atoms with Gasteiger partial charge in [-0.15, -0.1) is 0 Å². The Balaban J connectivity index is -0.000000177. The van der Waals surface area contributed by atoms with Gasteiger partial charge >= 0.3 is 0 Å². The first-order valence-corrected chi connectivity index (χ1v) is 21.5. The van der Waals surface area contributed by atoms with Gasteiger partial charge in [0.2, 0.25) is 0 Å². The van der Waals surface area contributed by atoms with E-state index < -0.39 is 0 Å². The maximum atomic E-state index is 2.36. The van der Waals surface area contributed by atoms with Gasteiger partial charge in [0.25, 0.3) is 0 Å². The van der Waals surface area contributed by atoms with Crippen LogP contribution in [0.25, 0.3) is 5.57 Å². The highest BCUT2D eigenvalue weighted by atomic mass is 14.0. The minimum Gasteiger partial charge on any atom is -0.0914 e. The molecule has 0 saturated heterocycles. The Morgan fingerprint density at radius 3 is 1.19 bits per heavy atom. The van der Waals surface area contributed by atoms with Crippen LogP contribution < -0.4 is 0 Å². The van der Waals surface area contributed by atoms with Gasteiger partial charge in [-0.05, 0) is 127 Å². The Morgan fingerprint density at radius 2 is 0.925 bits per heavy atom. The monoisotopic (exact) mass is 735 g/mol. The standard InChI is InChI=1S/C12H16.2C10H20.C8H16.C7H14.C6H12/c1-10(2)9-11(3)12-7-5-4-6-8-12;1-8(2)6-10(5)7-9(3)4;1-5-6-7-10(4)8-9(2)3;1-5-8(4)6-7(2)3;1-6(2)5-7(3)4;1-4-5-6(2)3/h4-10H,1-3H3;6,8-9H,7H2,1-5H3;8-9H,5-7H2,1-4H3;6-7H,5H2,1-4H3;5-6H,1-4H3;4-6H,1-3H3/b11-9-;10-6-;10-8-;8-6-;;5-4+. The van der Waals surface area contributed by atoms with Gasteiger partial charge in [-0.3, -0.25) is 0 Å². The second-order valence-corrected chi connectivity index (χ2v) is 17.5. The van der Waals surface area contributed by atoms with Crippen molar-refractivity contribution in [3.63, 3.8) is 0 Å². The molecule has 0 heteroatoms. The Kier molecular flexibility index (Phi) is 46.2. The van der Waals surface area contributed by atoms with E-state index in [9.17, 15) is 0 Å². The van der Waals surface area contributed by atoms with E-state index >= 15 is 0 Å². The van der Waals surface area contributed by atoms with Crippen molar-refractivity contribution < 1.29 is 0 Å². The summed E-state index contributed by atoms with van der Waals surface area (Å²) in [4.78, 5) is 0. The fourth-order valence-corrected chi connectivity index (χ4v) is 5.42. The maximum Gasteiger partial charge on any atom is -0.0230 e. The third-order valence-electron chi connectivity index (χ3n) is 7.12. The van der Waals surface area contributed by atoms with Crippen LogP contribution in [-0.2, 0) is 0 Å². The predicted molar refractivity (Wildman–Crippen MR) is 254 cm³/mol. The highest BCUT2D eigenvalue weighted by Crippen LogP contribution is 2.15. The van der Waals surface area contributed by atoms with Gasteiger partial charge < -0.3 is 0 Å². The Bertz CT molecular complexity index is 1080. The van der Waals surface area contributed by atoms with Crippen LogP contribution in [0.3, 0.4) is 0 Å². The van der Waals surface area contributed by atoms with E-state index in [0.29, 0.717) is 17.8 Å². The van der Waals surface area contributed by atoms with Crippen molar-refractivity contribution in [2.75, 3.05) is 0 Å².